The van der Waals surface area contributed by atoms with Crippen molar-refractivity contribution in [2.75, 3.05) is 5.01 Å². The second-order valence-electron chi connectivity index (χ2n) is 8.76. The lowest BCUT2D eigenvalue weighted by molar-refractivity contribution is -0.114. The number of carbonyl (C=O) groups is 1. The highest BCUT2D eigenvalue weighted by atomic mass is 16.3. The van der Waals surface area contributed by atoms with Gasteiger partial charge in [0.2, 0.25) is 5.88 Å². The average molecular weight is 493 g/mol. The molecule has 5 rings (SSSR count). The second kappa shape index (κ2) is 9.23. The highest BCUT2D eigenvalue weighted by molar-refractivity contribution is 6.32. The molecule has 2 heterocycles. The molecule has 37 heavy (non-hydrogen) atoms. The zero-order valence-electron chi connectivity index (χ0n) is 20.5. The van der Waals surface area contributed by atoms with E-state index in [1.165, 1.54) is 11.1 Å². The largest absolute Gasteiger partial charge is 0.494 e. The molecule has 1 amide bonds. The van der Waals surface area contributed by atoms with E-state index in [4.69, 9.17) is 0 Å². The van der Waals surface area contributed by atoms with Crippen molar-refractivity contribution in [3.05, 3.63) is 122 Å². The lowest BCUT2D eigenvalue weighted by atomic mass is 10.1. The molecule has 1 aromatic heterocycles. The predicted molar refractivity (Wildman–Crippen MR) is 144 cm³/mol. The van der Waals surface area contributed by atoms with Crippen LogP contribution in [0.4, 0.5) is 5.69 Å². The van der Waals surface area contributed by atoms with Crippen LogP contribution in [-0.2, 0) is 4.79 Å². The summed E-state index contributed by atoms with van der Waals surface area (Å²) in [6.45, 7) is 5.25. The Labute approximate surface area is 212 Å². The Balaban J connectivity index is 1.80. The first-order valence-corrected chi connectivity index (χ1v) is 11.7. The third kappa shape index (κ3) is 3.98. The summed E-state index contributed by atoms with van der Waals surface area (Å²) >= 11 is 0. The van der Waals surface area contributed by atoms with Crippen LogP contribution in [0.25, 0.3) is 17.5 Å². The van der Waals surface area contributed by atoms with E-state index in [2.05, 4.69) is 5.10 Å². The molecule has 8 nitrogen and oxygen atoms in total. The molecule has 0 atom stereocenters. The molecule has 0 radical (unpaired) electrons. The number of rotatable bonds is 4. The minimum absolute atomic E-state index is 0.141. The van der Waals surface area contributed by atoms with Crippen LogP contribution < -0.4 is 16.3 Å². The van der Waals surface area contributed by atoms with Crippen molar-refractivity contribution in [1.82, 2.24) is 9.13 Å². The number of aryl methyl sites for hydroxylation is 2. The monoisotopic (exact) mass is 492 g/mol. The highest BCUT2D eigenvalue weighted by Gasteiger charge is 2.30. The van der Waals surface area contributed by atoms with Gasteiger partial charge in [-0.15, -0.1) is 0 Å². The van der Waals surface area contributed by atoms with E-state index in [1.54, 1.807) is 81.4 Å². The number of nitrogens with zero attached hydrogens (tertiary/aromatic N) is 4. The zero-order chi connectivity index (χ0) is 26.3. The molecule has 184 valence electrons. The van der Waals surface area contributed by atoms with Crippen molar-refractivity contribution < 1.29 is 9.90 Å². The van der Waals surface area contributed by atoms with Gasteiger partial charge in [-0.05, 0) is 62.2 Å². The number of carbonyl (C=O) groups excluding carboxylic acids is 1. The molecule has 3 aromatic carbocycles. The SMILES string of the molecule is CC1=NN(c2ccccc2)C(=O)/C1=C\c1c(O)n(-c2ccccc2C)c(=O)n(-c2ccccc2C)c1=O. The number of aromatic nitrogens is 2. The van der Waals surface area contributed by atoms with Gasteiger partial charge in [0.15, 0.2) is 0 Å². The fourth-order valence-corrected chi connectivity index (χ4v) is 4.37. The first kappa shape index (κ1) is 23.7. The molecule has 4 aromatic rings. The molecule has 0 unspecified atom stereocenters. The van der Waals surface area contributed by atoms with E-state index in [9.17, 15) is 19.5 Å². The first-order chi connectivity index (χ1) is 17.8. The number of hydrogen-bond acceptors (Lipinski definition) is 5. The summed E-state index contributed by atoms with van der Waals surface area (Å²) < 4.78 is 2.12. The molecule has 0 saturated heterocycles. The summed E-state index contributed by atoms with van der Waals surface area (Å²) in [7, 11) is 0. The van der Waals surface area contributed by atoms with Gasteiger partial charge < -0.3 is 5.11 Å². The van der Waals surface area contributed by atoms with Crippen LogP contribution in [0.2, 0.25) is 0 Å². The van der Waals surface area contributed by atoms with Crippen molar-refractivity contribution in [2.24, 2.45) is 5.10 Å². The van der Waals surface area contributed by atoms with E-state index in [0.29, 0.717) is 28.3 Å². The molecule has 1 aliphatic rings. The summed E-state index contributed by atoms with van der Waals surface area (Å²) in [4.78, 5) is 40.8. The van der Waals surface area contributed by atoms with Crippen molar-refractivity contribution in [1.29, 1.82) is 0 Å². The Kier molecular flexibility index (Phi) is 5.93. The standard InChI is InChI=1S/C29H24N4O4/c1-18-11-7-9-15-24(18)31-26(34)23(27(35)32(29(31)37)25-16-10-8-12-19(25)2)17-22-20(3)30-33(28(22)36)21-13-5-4-6-14-21/h4-17,34H,1-3H3/b22-17-. The molecule has 1 N–H and O–H groups in total. The number of amides is 1. The zero-order valence-corrected chi connectivity index (χ0v) is 20.5. The van der Waals surface area contributed by atoms with Gasteiger partial charge in [-0.1, -0.05) is 54.6 Å². The van der Waals surface area contributed by atoms with Gasteiger partial charge in [0.25, 0.3) is 11.5 Å². The Morgan fingerprint density at radius 3 is 1.86 bits per heavy atom. The predicted octanol–water partition coefficient (Wildman–Crippen LogP) is 4.12. The number of aromatic hydroxyl groups is 1. The number of hydrogen-bond donors (Lipinski definition) is 1. The third-order valence-corrected chi connectivity index (χ3v) is 6.33. The summed E-state index contributed by atoms with van der Waals surface area (Å²) in [5.74, 6) is -1.00. The van der Waals surface area contributed by atoms with Crippen LogP contribution >= 0.6 is 0 Å². The molecule has 0 saturated carbocycles. The van der Waals surface area contributed by atoms with Crippen LogP contribution in [-0.4, -0.2) is 25.9 Å². The molecular weight excluding hydrogens is 468 g/mol. The molecule has 0 aliphatic carbocycles. The van der Waals surface area contributed by atoms with Crippen LogP contribution in [0, 0.1) is 13.8 Å². The Morgan fingerprint density at radius 2 is 1.27 bits per heavy atom. The smallest absolute Gasteiger partial charge is 0.343 e. The number of benzene rings is 3. The minimum atomic E-state index is -0.743. The summed E-state index contributed by atoms with van der Waals surface area (Å²) in [6, 6.07) is 22.9. The Hall–Kier alpha value is -4.98. The van der Waals surface area contributed by atoms with Gasteiger partial charge in [-0.25, -0.2) is 13.9 Å². The third-order valence-electron chi connectivity index (χ3n) is 6.33. The maximum atomic E-state index is 13.8. The quantitative estimate of drug-likeness (QED) is 0.434. The maximum Gasteiger partial charge on any atom is 0.343 e. The molecule has 0 bridgehead atoms. The van der Waals surface area contributed by atoms with E-state index >= 15 is 0 Å². The summed E-state index contributed by atoms with van der Waals surface area (Å²) in [6.07, 6.45) is 1.31. The molecule has 1 aliphatic heterocycles. The van der Waals surface area contributed by atoms with Gasteiger partial charge in [-0.3, -0.25) is 9.59 Å². The van der Waals surface area contributed by atoms with E-state index in [-0.39, 0.29) is 11.1 Å². The fourth-order valence-electron chi connectivity index (χ4n) is 4.37. The molecule has 0 fully saturated rings. The van der Waals surface area contributed by atoms with Crippen molar-refractivity contribution in [3.63, 3.8) is 0 Å². The van der Waals surface area contributed by atoms with Crippen molar-refractivity contribution in [2.45, 2.75) is 20.8 Å². The Morgan fingerprint density at radius 1 is 0.730 bits per heavy atom. The summed E-state index contributed by atoms with van der Waals surface area (Å²) in [5.41, 5.74) is 1.65. The van der Waals surface area contributed by atoms with Crippen molar-refractivity contribution in [3.8, 4) is 17.3 Å². The fraction of sp³-hybridized carbons (Fsp3) is 0.103. The number of hydrazone groups is 1. The van der Waals surface area contributed by atoms with Crippen LogP contribution in [0.1, 0.15) is 23.6 Å². The van der Waals surface area contributed by atoms with Gasteiger partial charge in [-0.2, -0.15) is 10.1 Å². The van der Waals surface area contributed by atoms with Gasteiger partial charge in [0.1, 0.15) is 5.56 Å². The normalized spacial score (nSPS) is 14.4. The lowest BCUT2D eigenvalue weighted by Crippen LogP contribution is -2.40. The Bertz CT molecular complexity index is 1730. The topological polar surface area (TPSA) is 96.9 Å². The van der Waals surface area contributed by atoms with E-state index in [1.807, 2.05) is 18.2 Å². The first-order valence-electron chi connectivity index (χ1n) is 11.7. The van der Waals surface area contributed by atoms with Crippen molar-refractivity contribution >= 4 is 23.4 Å². The summed E-state index contributed by atoms with van der Waals surface area (Å²) in [5, 5.41) is 16.9. The van der Waals surface area contributed by atoms with Gasteiger partial charge in [0, 0.05) is 0 Å². The average Bonchev–Trinajstić information content (AvgIpc) is 3.17. The molecule has 0 spiro atoms. The van der Waals surface area contributed by atoms with Gasteiger partial charge >= 0.3 is 5.69 Å². The van der Waals surface area contributed by atoms with Crippen LogP contribution in [0.15, 0.2) is 99.1 Å². The van der Waals surface area contributed by atoms with E-state index < -0.39 is 23.0 Å². The number of para-hydroxylation sites is 3. The molecule has 8 heteroatoms. The van der Waals surface area contributed by atoms with E-state index in [0.717, 1.165) is 14.7 Å². The van der Waals surface area contributed by atoms with Gasteiger partial charge in [0.05, 0.1) is 28.3 Å². The molecular formula is C29H24N4O4. The minimum Gasteiger partial charge on any atom is -0.494 e. The lowest BCUT2D eigenvalue weighted by Gasteiger charge is -2.17. The van der Waals surface area contributed by atoms with Crippen LogP contribution in [0.3, 0.4) is 0 Å². The maximum absolute atomic E-state index is 13.8. The number of anilines is 1. The second-order valence-corrected chi connectivity index (χ2v) is 8.76. The highest BCUT2D eigenvalue weighted by Crippen LogP contribution is 2.27. The van der Waals surface area contributed by atoms with Crippen LogP contribution in [0.5, 0.6) is 5.88 Å².